The smallest absolute Gasteiger partial charge is 0.207 e. The van der Waals surface area contributed by atoms with E-state index in [0.717, 1.165) is 81.8 Å². The molecule has 7 heteroatoms. The Morgan fingerprint density at radius 2 is 1.91 bits per heavy atom. The first-order valence-electron chi connectivity index (χ1n) is 13.1. The highest BCUT2D eigenvalue weighted by atomic mass is 16.5. The van der Waals surface area contributed by atoms with Crippen molar-refractivity contribution in [2.45, 2.75) is 83.1 Å². The number of carbonyl (C=O) groups is 1. The van der Waals surface area contributed by atoms with Crippen molar-refractivity contribution in [1.82, 2.24) is 20.2 Å². The van der Waals surface area contributed by atoms with Crippen molar-refractivity contribution in [3.63, 3.8) is 0 Å². The van der Waals surface area contributed by atoms with E-state index in [2.05, 4.69) is 42.0 Å². The molecule has 3 heterocycles. The van der Waals surface area contributed by atoms with E-state index in [1.54, 1.807) is 0 Å². The van der Waals surface area contributed by atoms with Gasteiger partial charge < -0.3 is 19.9 Å². The van der Waals surface area contributed by atoms with E-state index in [-0.39, 0.29) is 5.41 Å². The van der Waals surface area contributed by atoms with E-state index >= 15 is 0 Å². The minimum atomic E-state index is -0.0671. The zero-order valence-corrected chi connectivity index (χ0v) is 20.9. The summed E-state index contributed by atoms with van der Waals surface area (Å²) in [5, 5.41) is 2.96. The van der Waals surface area contributed by atoms with Crippen LogP contribution in [0.2, 0.25) is 0 Å². The fourth-order valence-corrected chi connectivity index (χ4v) is 5.43. The van der Waals surface area contributed by atoms with Crippen molar-refractivity contribution in [1.29, 1.82) is 0 Å². The third kappa shape index (κ3) is 6.66. The van der Waals surface area contributed by atoms with Crippen LogP contribution in [-0.4, -0.2) is 73.3 Å². The summed E-state index contributed by atoms with van der Waals surface area (Å²) in [5.74, 6) is 3.25. The fourth-order valence-electron chi connectivity index (χ4n) is 5.43. The van der Waals surface area contributed by atoms with Gasteiger partial charge in [0.2, 0.25) is 6.41 Å². The number of ether oxygens (including phenoxy) is 1. The Labute approximate surface area is 199 Å². The molecule has 1 unspecified atom stereocenters. The molecule has 1 aromatic rings. The van der Waals surface area contributed by atoms with E-state index in [1.165, 1.54) is 38.8 Å². The summed E-state index contributed by atoms with van der Waals surface area (Å²) < 4.78 is 5.65. The van der Waals surface area contributed by atoms with Gasteiger partial charge in [-0.2, -0.15) is 0 Å². The summed E-state index contributed by atoms with van der Waals surface area (Å²) in [6.45, 7) is 13.7. The van der Waals surface area contributed by atoms with Gasteiger partial charge in [-0.3, -0.25) is 4.79 Å². The van der Waals surface area contributed by atoms with Gasteiger partial charge in [-0.05, 0) is 64.0 Å². The number of hydrogen-bond donors (Lipinski definition) is 1. The molecule has 1 aromatic heterocycles. The first kappa shape index (κ1) is 24.4. The highest BCUT2D eigenvalue weighted by Crippen LogP contribution is 2.30. The van der Waals surface area contributed by atoms with Gasteiger partial charge >= 0.3 is 0 Å². The maximum absolute atomic E-state index is 10.7. The number of hydrogen-bond acceptors (Lipinski definition) is 6. The first-order chi connectivity index (χ1) is 15.9. The van der Waals surface area contributed by atoms with Gasteiger partial charge in [0.05, 0.1) is 12.3 Å². The average Bonchev–Trinajstić information content (AvgIpc) is 3.24. The molecule has 3 fully saturated rings. The van der Waals surface area contributed by atoms with Crippen molar-refractivity contribution < 1.29 is 9.53 Å². The minimum Gasteiger partial charge on any atom is -0.381 e. The zero-order chi connectivity index (χ0) is 23.3. The highest BCUT2D eigenvalue weighted by Gasteiger charge is 2.27. The summed E-state index contributed by atoms with van der Waals surface area (Å²) in [5.41, 5.74) is 1.09. The topological polar surface area (TPSA) is 70.6 Å². The molecule has 7 nitrogen and oxygen atoms in total. The van der Waals surface area contributed by atoms with Gasteiger partial charge in [-0.1, -0.05) is 20.8 Å². The molecule has 0 spiro atoms. The highest BCUT2D eigenvalue weighted by molar-refractivity contribution is 5.46. The molecule has 3 aliphatic rings. The Hall–Kier alpha value is -1.73. The monoisotopic (exact) mass is 457 g/mol. The molecule has 2 aliphatic heterocycles. The summed E-state index contributed by atoms with van der Waals surface area (Å²) in [6.07, 6.45) is 9.13. The van der Waals surface area contributed by atoms with Crippen molar-refractivity contribution in [2.75, 3.05) is 50.8 Å². The Morgan fingerprint density at radius 3 is 2.61 bits per heavy atom. The number of carbonyl (C=O) groups excluding carboxylic acids is 1. The van der Waals surface area contributed by atoms with Crippen LogP contribution in [0.25, 0.3) is 0 Å². The predicted molar refractivity (Wildman–Crippen MR) is 132 cm³/mol. The zero-order valence-electron chi connectivity index (χ0n) is 20.9. The molecule has 4 rings (SSSR count). The van der Waals surface area contributed by atoms with Crippen LogP contribution < -0.4 is 10.2 Å². The standard InChI is InChI=1S/C26H43N5O2/c1-26(2,3)25-28-23(21-10-16-33-18-21)17-24(29-25)31-12-4-11-30(14-15-31)13-9-20-5-7-22(8-6-20)27-19-32/h17,19-22H,4-16,18H2,1-3H3,(H,27,32). The average molecular weight is 458 g/mol. The second-order valence-corrected chi connectivity index (χ2v) is 11.3. The number of nitrogens with zero attached hydrogens (tertiary/aromatic N) is 4. The largest absolute Gasteiger partial charge is 0.381 e. The van der Waals surface area contributed by atoms with Crippen LogP contribution in [0.15, 0.2) is 6.07 Å². The first-order valence-corrected chi connectivity index (χ1v) is 13.1. The van der Waals surface area contributed by atoms with Crippen molar-refractivity contribution in [3.8, 4) is 0 Å². The predicted octanol–water partition coefficient (Wildman–Crippen LogP) is 3.49. The molecule has 1 saturated carbocycles. The van der Waals surface area contributed by atoms with Gasteiger partial charge in [0, 0.05) is 49.7 Å². The maximum Gasteiger partial charge on any atom is 0.207 e. The molecule has 2 saturated heterocycles. The van der Waals surface area contributed by atoms with Crippen molar-refractivity contribution in [2.24, 2.45) is 5.92 Å². The molecular weight excluding hydrogens is 414 g/mol. The Morgan fingerprint density at radius 1 is 1.09 bits per heavy atom. The lowest BCUT2D eigenvalue weighted by molar-refractivity contribution is -0.110. The quantitative estimate of drug-likeness (QED) is 0.632. The Bertz CT molecular complexity index is 766. The fraction of sp³-hybridized carbons (Fsp3) is 0.808. The molecule has 1 amide bonds. The van der Waals surface area contributed by atoms with Gasteiger partial charge in [-0.25, -0.2) is 9.97 Å². The van der Waals surface area contributed by atoms with Crippen LogP contribution in [0, 0.1) is 5.92 Å². The molecule has 184 valence electrons. The number of nitrogens with one attached hydrogen (secondary N) is 1. The molecule has 0 radical (unpaired) electrons. The number of aromatic nitrogens is 2. The Kier molecular flexibility index (Phi) is 8.23. The van der Waals surface area contributed by atoms with E-state index in [9.17, 15) is 4.79 Å². The number of anilines is 1. The van der Waals surface area contributed by atoms with Gasteiger partial charge in [0.15, 0.2) is 0 Å². The molecule has 33 heavy (non-hydrogen) atoms. The summed E-state index contributed by atoms with van der Waals surface area (Å²) in [7, 11) is 0. The second-order valence-electron chi connectivity index (χ2n) is 11.3. The van der Waals surface area contributed by atoms with Crippen molar-refractivity contribution >= 4 is 12.2 Å². The van der Waals surface area contributed by atoms with Crippen molar-refractivity contribution in [3.05, 3.63) is 17.6 Å². The van der Waals surface area contributed by atoms with E-state index in [0.29, 0.717) is 12.0 Å². The summed E-state index contributed by atoms with van der Waals surface area (Å²) in [4.78, 5) is 25.8. The van der Waals surface area contributed by atoms with Gasteiger partial charge in [-0.15, -0.1) is 0 Å². The number of amides is 1. The molecule has 0 bridgehead atoms. The maximum atomic E-state index is 10.7. The SMILES string of the molecule is CC(C)(C)c1nc(C2CCOC2)cc(N2CCCN(CCC3CCC(NC=O)CC3)CC2)n1. The number of rotatable bonds is 7. The van der Waals surface area contributed by atoms with Crippen LogP contribution >= 0.6 is 0 Å². The lowest BCUT2D eigenvalue weighted by Gasteiger charge is -2.30. The molecule has 1 aliphatic carbocycles. The summed E-state index contributed by atoms with van der Waals surface area (Å²) >= 11 is 0. The van der Waals surface area contributed by atoms with Crippen LogP contribution in [0.3, 0.4) is 0 Å². The minimum absolute atomic E-state index is 0.0671. The molecule has 1 N–H and O–H groups in total. The Balaban J connectivity index is 1.34. The lowest BCUT2D eigenvalue weighted by Crippen LogP contribution is -2.35. The van der Waals surface area contributed by atoms with Crippen LogP contribution in [0.5, 0.6) is 0 Å². The lowest BCUT2D eigenvalue weighted by atomic mass is 9.84. The second kappa shape index (κ2) is 11.1. The third-order valence-electron chi connectivity index (χ3n) is 7.67. The van der Waals surface area contributed by atoms with E-state index < -0.39 is 0 Å². The van der Waals surface area contributed by atoms with Gasteiger partial charge in [0.25, 0.3) is 0 Å². The summed E-state index contributed by atoms with van der Waals surface area (Å²) in [6, 6.07) is 2.63. The van der Waals surface area contributed by atoms with Crippen LogP contribution in [0.4, 0.5) is 5.82 Å². The van der Waals surface area contributed by atoms with E-state index in [4.69, 9.17) is 14.7 Å². The van der Waals surface area contributed by atoms with Gasteiger partial charge in [0.1, 0.15) is 11.6 Å². The molecule has 0 aromatic carbocycles. The van der Waals surface area contributed by atoms with Crippen LogP contribution in [0.1, 0.15) is 83.2 Å². The molecule has 1 atom stereocenters. The normalized spacial score (nSPS) is 27.4. The molecular formula is C26H43N5O2. The third-order valence-corrected chi connectivity index (χ3v) is 7.67. The van der Waals surface area contributed by atoms with Crippen LogP contribution in [-0.2, 0) is 14.9 Å². The van der Waals surface area contributed by atoms with E-state index in [1.807, 2.05) is 0 Å².